The fraction of sp³-hybridized carbons (Fsp3) is 0.417. The number of fused-ring (bicyclic) bond motifs is 1. The number of amides is 1. The molecule has 1 aliphatic carbocycles. The third-order valence-corrected chi connectivity index (χ3v) is 6.30. The lowest BCUT2D eigenvalue weighted by atomic mass is 9.78. The van der Waals surface area contributed by atoms with Gasteiger partial charge in [0.25, 0.3) is 0 Å². The fourth-order valence-electron chi connectivity index (χ4n) is 4.56. The fourth-order valence-corrected chi connectivity index (χ4v) is 4.73. The zero-order chi connectivity index (χ0) is 24.8. The zero-order valence-electron chi connectivity index (χ0n) is 18.9. The van der Waals surface area contributed by atoms with Crippen LogP contribution in [-0.4, -0.2) is 37.6 Å². The molecule has 2 aromatic heterocycles. The summed E-state index contributed by atoms with van der Waals surface area (Å²) in [6.45, 7) is 5.86. The van der Waals surface area contributed by atoms with Crippen LogP contribution in [-0.2, 0) is 6.18 Å². The lowest BCUT2D eigenvalue weighted by Gasteiger charge is -2.48. The molecule has 6 nitrogen and oxygen atoms in total. The van der Waals surface area contributed by atoms with Gasteiger partial charge in [-0.15, -0.1) is 0 Å². The normalized spacial score (nSPS) is 19.5. The minimum atomic E-state index is -4.61. The van der Waals surface area contributed by atoms with E-state index < -0.39 is 41.4 Å². The number of halogens is 4. The molecule has 0 radical (unpaired) electrons. The highest BCUT2D eigenvalue weighted by Crippen LogP contribution is 2.45. The van der Waals surface area contributed by atoms with Gasteiger partial charge in [0, 0.05) is 48.1 Å². The van der Waals surface area contributed by atoms with E-state index in [0.29, 0.717) is 5.65 Å². The first-order chi connectivity index (χ1) is 15.9. The van der Waals surface area contributed by atoms with Gasteiger partial charge in [-0.3, -0.25) is 4.90 Å². The van der Waals surface area contributed by atoms with Gasteiger partial charge in [0.15, 0.2) is 0 Å². The second-order valence-corrected chi connectivity index (χ2v) is 10.0. The summed E-state index contributed by atoms with van der Waals surface area (Å²) in [4.78, 5) is 18.3. The number of pyridine rings is 1. The second-order valence-electron chi connectivity index (χ2n) is 9.58. The average Bonchev–Trinajstić information content (AvgIpc) is 3.17. The Morgan fingerprint density at radius 2 is 1.94 bits per heavy atom. The summed E-state index contributed by atoms with van der Waals surface area (Å²) in [5, 5.41) is 10.1. The van der Waals surface area contributed by atoms with Gasteiger partial charge in [0.2, 0.25) is 0 Å². The average molecular weight is 496 g/mol. The van der Waals surface area contributed by atoms with Crippen molar-refractivity contribution in [2.75, 3.05) is 0 Å². The van der Waals surface area contributed by atoms with Crippen LogP contribution in [0.25, 0.3) is 5.65 Å². The zero-order valence-corrected chi connectivity index (χ0v) is 19.6. The minimum absolute atomic E-state index is 0.0376. The maximum atomic E-state index is 13.4. The van der Waals surface area contributed by atoms with E-state index >= 15 is 0 Å². The molecule has 1 unspecified atom stereocenters. The number of hydrogen-bond donors (Lipinski definition) is 1. The van der Waals surface area contributed by atoms with Crippen LogP contribution < -0.4 is 4.74 Å². The van der Waals surface area contributed by atoms with Crippen molar-refractivity contribution in [3.05, 3.63) is 65.1 Å². The van der Waals surface area contributed by atoms with E-state index in [0.717, 1.165) is 11.6 Å². The first kappa shape index (κ1) is 24.2. The number of rotatable bonds is 5. The van der Waals surface area contributed by atoms with Crippen molar-refractivity contribution >= 4 is 23.3 Å². The highest BCUT2D eigenvalue weighted by atomic mass is 35.5. The molecule has 1 aliphatic rings. The molecule has 0 bridgehead atoms. The molecule has 1 amide bonds. The van der Waals surface area contributed by atoms with E-state index in [-0.39, 0.29) is 23.6 Å². The highest BCUT2D eigenvalue weighted by molar-refractivity contribution is 6.30. The van der Waals surface area contributed by atoms with Gasteiger partial charge in [-0.05, 0) is 29.7 Å². The molecule has 1 aromatic carbocycles. The van der Waals surface area contributed by atoms with Crippen molar-refractivity contribution < 1.29 is 27.8 Å². The van der Waals surface area contributed by atoms with E-state index in [1.165, 1.54) is 17.0 Å². The standard InChI is InChI=1S/C24H25ClF3N3O3/c1-23(2,3)20(17-5-4-9-30-10-8-29-21(17)30)31(22(32)33)15-12-16(13-15)34-19-7-6-14(25)11-18(19)24(26,27)28/h4-11,15-16,20H,12-13H2,1-3H3,(H,32,33). The molecule has 1 fully saturated rings. The van der Waals surface area contributed by atoms with Crippen molar-refractivity contribution in [1.29, 1.82) is 0 Å². The molecular weight excluding hydrogens is 471 g/mol. The number of aromatic nitrogens is 2. The van der Waals surface area contributed by atoms with E-state index in [2.05, 4.69) is 4.98 Å². The van der Waals surface area contributed by atoms with Crippen molar-refractivity contribution in [2.45, 2.75) is 58.0 Å². The predicted molar refractivity (Wildman–Crippen MR) is 121 cm³/mol. The Hall–Kier alpha value is -2.94. The lowest BCUT2D eigenvalue weighted by Crippen LogP contribution is -2.54. The summed E-state index contributed by atoms with van der Waals surface area (Å²) in [7, 11) is 0. The molecule has 182 valence electrons. The van der Waals surface area contributed by atoms with Gasteiger partial charge < -0.3 is 14.2 Å². The van der Waals surface area contributed by atoms with Crippen LogP contribution in [0, 0.1) is 5.41 Å². The molecular formula is C24H25ClF3N3O3. The summed E-state index contributed by atoms with van der Waals surface area (Å²) in [6, 6.07) is 6.14. The quantitative estimate of drug-likeness (QED) is 0.428. The van der Waals surface area contributed by atoms with Crippen LogP contribution in [0.5, 0.6) is 5.75 Å². The van der Waals surface area contributed by atoms with Crippen molar-refractivity contribution in [3.8, 4) is 5.75 Å². The smallest absolute Gasteiger partial charge is 0.420 e. The van der Waals surface area contributed by atoms with E-state index in [9.17, 15) is 23.1 Å². The number of imidazole rings is 1. The molecule has 0 aliphatic heterocycles. The molecule has 2 heterocycles. The molecule has 1 saturated carbocycles. The van der Waals surface area contributed by atoms with Crippen LogP contribution >= 0.6 is 11.6 Å². The van der Waals surface area contributed by atoms with Gasteiger partial charge >= 0.3 is 12.3 Å². The molecule has 3 aromatic rings. The number of hydrogen-bond acceptors (Lipinski definition) is 3. The topological polar surface area (TPSA) is 67.1 Å². The third kappa shape index (κ3) is 4.66. The molecule has 1 N–H and O–H groups in total. The second kappa shape index (κ2) is 8.69. The summed E-state index contributed by atoms with van der Waals surface area (Å²) in [5.41, 5.74) is 0.00954. The monoisotopic (exact) mass is 495 g/mol. The number of ether oxygens (including phenoxy) is 1. The summed E-state index contributed by atoms with van der Waals surface area (Å²) >= 11 is 5.74. The Kier molecular flexibility index (Phi) is 6.18. The number of carboxylic acid groups (broad SMARTS) is 1. The van der Waals surface area contributed by atoms with E-state index in [1.54, 1.807) is 12.4 Å². The largest absolute Gasteiger partial charge is 0.490 e. The number of carbonyl (C=O) groups is 1. The predicted octanol–water partition coefficient (Wildman–Crippen LogP) is 6.68. The Balaban J connectivity index is 1.59. The third-order valence-electron chi connectivity index (χ3n) is 6.07. The minimum Gasteiger partial charge on any atom is -0.490 e. The summed E-state index contributed by atoms with van der Waals surface area (Å²) < 4.78 is 47.7. The molecule has 1 atom stereocenters. The molecule has 34 heavy (non-hydrogen) atoms. The summed E-state index contributed by atoms with van der Waals surface area (Å²) in [6.07, 6.45) is -0.420. The van der Waals surface area contributed by atoms with Crippen LogP contribution in [0.2, 0.25) is 5.02 Å². The van der Waals surface area contributed by atoms with Gasteiger partial charge in [-0.2, -0.15) is 13.2 Å². The van der Waals surface area contributed by atoms with Crippen LogP contribution in [0.4, 0.5) is 18.0 Å². The number of benzene rings is 1. The number of nitrogens with zero attached hydrogens (tertiary/aromatic N) is 3. The van der Waals surface area contributed by atoms with Gasteiger partial charge in [0.1, 0.15) is 17.5 Å². The van der Waals surface area contributed by atoms with E-state index in [4.69, 9.17) is 16.3 Å². The molecule has 0 spiro atoms. The van der Waals surface area contributed by atoms with Crippen molar-refractivity contribution in [2.24, 2.45) is 5.41 Å². The maximum Gasteiger partial charge on any atom is 0.420 e. The Bertz CT molecular complexity index is 1200. The highest BCUT2D eigenvalue weighted by Gasteiger charge is 2.46. The van der Waals surface area contributed by atoms with Crippen molar-refractivity contribution in [3.63, 3.8) is 0 Å². The first-order valence-electron chi connectivity index (χ1n) is 10.8. The van der Waals surface area contributed by atoms with Crippen LogP contribution in [0.3, 0.4) is 0 Å². The van der Waals surface area contributed by atoms with Gasteiger partial charge in [-0.25, -0.2) is 9.78 Å². The van der Waals surface area contributed by atoms with E-state index in [1.807, 2.05) is 43.5 Å². The number of alkyl halides is 3. The Labute approximate surface area is 199 Å². The SMILES string of the molecule is CC(C)(C)C(c1cccn2ccnc12)N(C(=O)O)C1CC(Oc2ccc(Cl)cc2C(F)(F)F)C1. The van der Waals surface area contributed by atoms with Crippen LogP contribution in [0.1, 0.15) is 50.8 Å². The summed E-state index contributed by atoms with van der Waals surface area (Å²) in [5.74, 6) is -0.309. The lowest BCUT2D eigenvalue weighted by molar-refractivity contribution is -0.139. The van der Waals surface area contributed by atoms with Crippen molar-refractivity contribution in [1.82, 2.24) is 14.3 Å². The Morgan fingerprint density at radius 1 is 1.24 bits per heavy atom. The molecule has 10 heteroatoms. The van der Waals surface area contributed by atoms with Crippen LogP contribution in [0.15, 0.2) is 48.9 Å². The van der Waals surface area contributed by atoms with Gasteiger partial charge in [0.05, 0.1) is 11.6 Å². The van der Waals surface area contributed by atoms with Gasteiger partial charge in [-0.1, -0.05) is 38.4 Å². The molecule has 4 rings (SSSR count). The first-order valence-corrected chi connectivity index (χ1v) is 11.2. The molecule has 0 saturated heterocycles. The Morgan fingerprint density at radius 3 is 2.56 bits per heavy atom. The maximum absolute atomic E-state index is 13.4.